The number of benzene rings is 2. The van der Waals surface area contributed by atoms with Gasteiger partial charge in [-0.25, -0.2) is 9.18 Å². The molecule has 3 amide bonds. The highest BCUT2D eigenvalue weighted by molar-refractivity contribution is 6.08. The van der Waals surface area contributed by atoms with Crippen LogP contribution in [0.4, 0.5) is 46.9 Å². The zero-order valence-corrected chi connectivity index (χ0v) is 17.3. The van der Waals surface area contributed by atoms with Gasteiger partial charge in [0, 0.05) is 11.3 Å². The zero-order valence-electron chi connectivity index (χ0n) is 17.3. The maximum atomic E-state index is 14.4. The number of hydrogen-bond donors (Lipinski definition) is 3. The minimum absolute atomic E-state index is 0.0407. The number of ether oxygens (including phenoxy) is 1. The van der Waals surface area contributed by atoms with Crippen LogP contribution in [-0.2, 0) is 5.67 Å². The van der Waals surface area contributed by atoms with Gasteiger partial charge in [-0.1, -0.05) is 18.2 Å². The Bertz CT molecular complexity index is 1040. The molecule has 0 aliphatic heterocycles. The number of para-hydroxylation sites is 1. The van der Waals surface area contributed by atoms with Gasteiger partial charge in [-0.2, -0.15) is 26.3 Å². The van der Waals surface area contributed by atoms with Crippen LogP contribution >= 0.6 is 0 Å². The second-order valence-electron chi connectivity index (χ2n) is 6.97. The second kappa shape index (κ2) is 8.79. The molecule has 0 heterocycles. The highest BCUT2D eigenvalue weighted by Gasteiger charge is 2.73. The molecule has 0 aromatic heterocycles. The normalized spacial score (nSPS) is 12.3. The molecule has 4 N–H and O–H groups in total. The lowest BCUT2D eigenvalue weighted by Gasteiger charge is -2.31. The van der Waals surface area contributed by atoms with E-state index in [9.17, 15) is 40.3 Å². The maximum absolute atomic E-state index is 14.4. The number of halogens is 7. The molecule has 2 aromatic rings. The number of hydrogen-bond acceptors (Lipinski definition) is 3. The third kappa shape index (κ3) is 4.81. The second-order valence-corrected chi connectivity index (χ2v) is 6.97. The number of urea groups is 1. The first-order valence-electron chi connectivity index (χ1n) is 9.03. The highest BCUT2D eigenvalue weighted by Crippen LogP contribution is 2.53. The topological polar surface area (TPSA) is 93.4 Å². The average molecular weight is 481 g/mol. The number of primary amides is 1. The Morgan fingerprint density at radius 3 is 1.85 bits per heavy atom. The largest absolute Gasteiger partial charge is 0.494 e. The van der Waals surface area contributed by atoms with Crippen LogP contribution < -0.4 is 21.1 Å². The monoisotopic (exact) mass is 481 g/mol. The lowest BCUT2D eigenvalue weighted by molar-refractivity contribution is -0.348. The Kier molecular flexibility index (Phi) is 6.86. The van der Waals surface area contributed by atoms with Gasteiger partial charge in [0.2, 0.25) is 0 Å². The number of amides is 3. The summed E-state index contributed by atoms with van der Waals surface area (Å²) in [6.07, 6.45) is -12.5. The van der Waals surface area contributed by atoms with E-state index in [0.717, 1.165) is 13.8 Å². The van der Waals surface area contributed by atoms with Gasteiger partial charge in [0.05, 0.1) is 18.4 Å². The van der Waals surface area contributed by atoms with Gasteiger partial charge in [0.25, 0.3) is 5.91 Å². The zero-order chi connectivity index (χ0) is 25.4. The van der Waals surface area contributed by atoms with Gasteiger partial charge in [-0.3, -0.25) is 4.79 Å². The van der Waals surface area contributed by atoms with Crippen LogP contribution in [0.3, 0.4) is 0 Å². The number of anilines is 2. The van der Waals surface area contributed by atoms with E-state index in [0.29, 0.717) is 12.1 Å². The molecule has 6 nitrogen and oxygen atoms in total. The van der Waals surface area contributed by atoms with Gasteiger partial charge in [-0.05, 0) is 37.1 Å². The predicted molar refractivity (Wildman–Crippen MR) is 105 cm³/mol. The fraction of sp³-hybridized carbons (Fsp3) is 0.300. The first-order chi connectivity index (χ1) is 15.0. The molecule has 2 aromatic carbocycles. The minimum atomic E-state index is -6.27. The van der Waals surface area contributed by atoms with Crippen LogP contribution in [0.25, 0.3) is 0 Å². The number of carbonyl (C=O) groups is 2. The fourth-order valence-corrected chi connectivity index (χ4v) is 3.20. The first-order valence-corrected chi connectivity index (χ1v) is 9.03. The van der Waals surface area contributed by atoms with Crippen molar-refractivity contribution >= 4 is 23.3 Å². The molecule has 13 heteroatoms. The van der Waals surface area contributed by atoms with Gasteiger partial charge in [-0.15, -0.1) is 0 Å². The third-order valence-electron chi connectivity index (χ3n) is 4.67. The van der Waals surface area contributed by atoms with E-state index < -0.39 is 35.5 Å². The lowest BCUT2D eigenvalue weighted by atomic mass is 9.90. The molecule has 0 bridgehead atoms. The van der Waals surface area contributed by atoms with Crippen LogP contribution in [0.5, 0.6) is 5.75 Å². The molecule has 180 valence electrons. The summed E-state index contributed by atoms with van der Waals surface area (Å²) in [6.45, 7) is 2.23. The van der Waals surface area contributed by atoms with Gasteiger partial charge in [0.15, 0.2) is 5.75 Å². The van der Waals surface area contributed by atoms with Crippen molar-refractivity contribution in [1.82, 2.24) is 0 Å². The summed E-state index contributed by atoms with van der Waals surface area (Å²) in [7, 11) is 1.19. The molecule has 0 spiro atoms. The fourth-order valence-electron chi connectivity index (χ4n) is 3.20. The molecular formula is C20H18F7N3O3. The van der Waals surface area contributed by atoms with E-state index in [4.69, 9.17) is 10.5 Å². The van der Waals surface area contributed by atoms with Crippen molar-refractivity contribution in [2.24, 2.45) is 5.73 Å². The summed E-state index contributed by atoms with van der Waals surface area (Å²) >= 11 is 0. The summed E-state index contributed by atoms with van der Waals surface area (Å²) in [5.74, 6) is -0.963. The number of nitrogens with one attached hydrogen (secondary N) is 2. The smallest absolute Gasteiger partial charge is 0.435 e. The van der Waals surface area contributed by atoms with E-state index in [1.54, 1.807) is 0 Å². The quantitative estimate of drug-likeness (QED) is 0.503. The van der Waals surface area contributed by atoms with Crippen molar-refractivity contribution in [3.63, 3.8) is 0 Å². The Balaban J connectivity index is 2.52. The van der Waals surface area contributed by atoms with Gasteiger partial charge >= 0.3 is 24.1 Å². The van der Waals surface area contributed by atoms with E-state index in [-0.39, 0.29) is 33.8 Å². The summed E-state index contributed by atoms with van der Waals surface area (Å²) in [6, 6.07) is 3.82. The maximum Gasteiger partial charge on any atom is 0.435 e. The van der Waals surface area contributed by atoms with Crippen molar-refractivity contribution < 1.29 is 45.1 Å². The number of methoxy groups -OCH3 is 1. The van der Waals surface area contributed by atoms with E-state index in [1.165, 1.54) is 25.3 Å². The Hall–Kier alpha value is -3.51. The van der Waals surface area contributed by atoms with Crippen molar-refractivity contribution in [1.29, 1.82) is 0 Å². The number of nitrogens with two attached hydrogens (primary N) is 1. The molecule has 2 rings (SSSR count). The van der Waals surface area contributed by atoms with Crippen molar-refractivity contribution in [3.05, 3.63) is 52.6 Å². The molecule has 0 unspecified atom stereocenters. The number of carbonyl (C=O) groups excluding carboxylic acids is 2. The molecule has 0 radical (unpaired) electrons. The van der Waals surface area contributed by atoms with Gasteiger partial charge in [0.1, 0.15) is 0 Å². The molecule has 0 fully saturated rings. The van der Waals surface area contributed by atoms with E-state index in [2.05, 4.69) is 10.6 Å². The van der Waals surface area contributed by atoms with Crippen LogP contribution in [0.15, 0.2) is 30.3 Å². The van der Waals surface area contributed by atoms with E-state index in [1.807, 2.05) is 0 Å². The number of rotatable bonds is 5. The van der Waals surface area contributed by atoms with Crippen LogP contribution in [0.2, 0.25) is 0 Å². The predicted octanol–water partition coefficient (Wildman–Crippen LogP) is 5.34. The third-order valence-corrected chi connectivity index (χ3v) is 4.67. The average Bonchev–Trinajstić information content (AvgIpc) is 2.67. The highest BCUT2D eigenvalue weighted by atomic mass is 19.4. The number of alkyl halides is 7. The summed E-state index contributed by atoms with van der Waals surface area (Å²) < 4.78 is 98.0. The minimum Gasteiger partial charge on any atom is -0.494 e. The first kappa shape index (κ1) is 25.7. The molecule has 0 aliphatic carbocycles. The molecule has 0 aliphatic rings. The molecule has 0 atom stereocenters. The Morgan fingerprint density at radius 2 is 1.42 bits per heavy atom. The van der Waals surface area contributed by atoms with Crippen molar-refractivity contribution in [2.75, 3.05) is 17.7 Å². The lowest BCUT2D eigenvalue weighted by Crippen LogP contribution is -2.50. The SMILES string of the molecule is COc1c(NC(N)=O)cccc1C(=O)Nc1c(C)cc(C(F)(C(F)(F)F)C(F)(F)F)cc1C. The summed E-state index contributed by atoms with van der Waals surface area (Å²) in [5.41, 5.74) is -2.94. The van der Waals surface area contributed by atoms with E-state index >= 15 is 0 Å². The van der Waals surface area contributed by atoms with Crippen LogP contribution in [-0.4, -0.2) is 31.4 Å². The van der Waals surface area contributed by atoms with Gasteiger partial charge < -0.3 is 21.1 Å². The summed E-state index contributed by atoms with van der Waals surface area (Å²) in [4.78, 5) is 23.9. The number of aryl methyl sites for hydroxylation is 2. The van der Waals surface area contributed by atoms with Crippen molar-refractivity contribution in [3.8, 4) is 5.75 Å². The van der Waals surface area contributed by atoms with Crippen molar-refractivity contribution in [2.45, 2.75) is 31.9 Å². The molecule has 0 saturated carbocycles. The van der Waals surface area contributed by atoms with Crippen LogP contribution in [0.1, 0.15) is 27.0 Å². The molecule has 0 saturated heterocycles. The van der Waals surface area contributed by atoms with Crippen LogP contribution in [0, 0.1) is 13.8 Å². The molecule has 33 heavy (non-hydrogen) atoms. The Labute approximate surface area is 182 Å². The summed E-state index contributed by atoms with van der Waals surface area (Å²) in [5, 5.41) is 4.60. The molecular weight excluding hydrogens is 463 g/mol. The Morgan fingerprint density at radius 1 is 0.909 bits per heavy atom. The standard InChI is InChI=1S/C20H18F7N3O3/c1-9-7-11(18(21,19(22,23)24)20(25,26)27)8-10(2)14(9)30-16(31)12-5-4-6-13(15(12)33-3)29-17(28)32/h4-8H,1-3H3,(H,30,31)(H3,28,29,32).